The Morgan fingerprint density at radius 1 is 0.474 bits per heavy atom. The molecule has 1 spiro atoms. The third-order valence-electron chi connectivity index (χ3n) is 15.0. The maximum Gasteiger partial charge on any atom is 0.0541 e. The van der Waals surface area contributed by atoms with E-state index in [-0.39, 0.29) is 10.8 Å². The number of fused-ring (bicyclic) bond motifs is 5. The molecule has 0 amide bonds. The molecule has 278 valence electrons. The number of benzene rings is 7. The smallest absolute Gasteiger partial charge is 0.0541 e. The maximum absolute atomic E-state index is 2.66. The number of nitrogens with zero attached hydrogens (tertiary/aromatic N) is 2. The molecule has 57 heavy (non-hydrogen) atoms. The van der Waals surface area contributed by atoms with E-state index in [0.717, 1.165) is 17.5 Å². The number of hydrogen-bond donors (Lipinski definition) is 0. The summed E-state index contributed by atoms with van der Waals surface area (Å²) >= 11 is 0. The van der Waals surface area contributed by atoms with Crippen LogP contribution in [0.5, 0.6) is 0 Å². The summed E-state index contributed by atoms with van der Waals surface area (Å²) in [5.41, 5.74) is 16.0. The van der Waals surface area contributed by atoms with Crippen LogP contribution in [-0.2, 0) is 10.8 Å². The van der Waals surface area contributed by atoms with Gasteiger partial charge >= 0.3 is 0 Å². The zero-order chi connectivity index (χ0) is 37.9. The fraction of sp³-hybridized carbons (Fsp3) is 0.236. The van der Waals surface area contributed by atoms with Gasteiger partial charge in [0.1, 0.15) is 0 Å². The van der Waals surface area contributed by atoms with Crippen molar-refractivity contribution in [2.45, 2.75) is 56.8 Å². The van der Waals surface area contributed by atoms with Gasteiger partial charge in [0.05, 0.1) is 16.7 Å². The first-order valence-corrected chi connectivity index (χ1v) is 21.3. The van der Waals surface area contributed by atoms with Crippen molar-refractivity contribution in [3.8, 4) is 16.8 Å². The molecule has 1 aromatic heterocycles. The van der Waals surface area contributed by atoms with Crippen molar-refractivity contribution in [2.75, 3.05) is 4.90 Å². The molecule has 2 heteroatoms. The molecule has 4 saturated carbocycles. The van der Waals surface area contributed by atoms with Crippen molar-refractivity contribution in [3.63, 3.8) is 0 Å². The second kappa shape index (κ2) is 12.3. The second-order valence-electron chi connectivity index (χ2n) is 18.2. The summed E-state index contributed by atoms with van der Waals surface area (Å²) in [7, 11) is 0. The highest BCUT2D eigenvalue weighted by Gasteiger charge is 2.62. The molecule has 0 radical (unpaired) electrons. The van der Waals surface area contributed by atoms with Crippen molar-refractivity contribution >= 4 is 38.9 Å². The number of anilines is 3. The van der Waals surface area contributed by atoms with Crippen LogP contribution in [0.2, 0.25) is 0 Å². The zero-order valence-corrected chi connectivity index (χ0v) is 32.9. The number of para-hydroxylation sites is 3. The lowest BCUT2D eigenvalue weighted by atomic mass is 9.39. The molecular formula is C55H48N2. The molecule has 13 rings (SSSR count). The molecule has 0 atom stereocenters. The van der Waals surface area contributed by atoms with Crippen LogP contribution in [0.15, 0.2) is 170 Å². The lowest BCUT2D eigenvalue weighted by Crippen LogP contribution is -2.58. The molecule has 2 nitrogen and oxygen atoms in total. The molecule has 5 aliphatic carbocycles. The van der Waals surface area contributed by atoms with Gasteiger partial charge in [-0.15, -0.1) is 0 Å². The van der Waals surface area contributed by atoms with Crippen molar-refractivity contribution in [1.29, 1.82) is 0 Å². The quantitative estimate of drug-likeness (QED) is 0.171. The first kappa shape index (κ1) is 33.3. The van der Waals surface area contributed by atoms with Crippen LogP contribution in [0.4, 0.5) is 17.1 Å². The van der Waals surface area contributed by atoms with Gasteiger partial charge in [-0.3, -0.25) is 0 Å². The largest absolute Gasteiger partial charge is 0.310 e. The van der Waals surface area contributed by atoms with Crippen molar-refractivity contribution < 1.29 is 0 Å². The Hall–Kier alpha value is -5.86. The van der Waals surface area contributed by atoms with Gasteiger partial charge in [-0.2, -0.15) is 0 Å². The Labute approximate surface area is 336 Å². The average molecular weight is 737 g/mol. The molecular weight excluding hydrogens is 689 g/mol. The summed E-state index contributed by atoms with van der Waals surface area (Å²) in [6.45, 7) is 4.95. The molecule has 4 bridgehead atoms. The summed E-state index contributed by atoms with van der Waals surface area (Å²) in [6.07, 6.45) is 6.94. The monoisotopic (exact) mass is 736 g/mol. The SMILES string of the molecule is CC1(C)c2ccccc2C2(c3cc(N(c4ccc(-n5c6ccccc6c6ccccc65)cc4)c4ccccc4-c4ccccc4)ccc31)C1CC3CC(C1)CC2C3. The van der Waals surface area contributed by atoms with E-state index in [0.29, 0.717) is 11.8 Å². The van der Waals surface area contributed by atoms with Gasteiger partial charge in [0.25, 0.3) is 0 Å². The van der Waals surface area contributed by atoms with E-state index in [9.17, 15) is 0 Å². The number of aromatic nitrogens is 1. The zero-order valence-electron chi connectivity index (χ0n) is 32.9. The Morgan fingerprint density at radius 2 is 1.02 bits per heavy atom. The third-order valence-corrected chi connectivity index (χ3v) is 15.0. The molecule has 8 aromatic rings. The molecule has 0 N–H and O–H groups in total. The van der Waals surface area contributed by atoms with Crippen molar-refractivity contribution in [2.24, 2.45) is 23.7 Å². The van der Waals surface area contributed by atoms with Gasteiger partial charge in [0.15, 0.2) is 0 Å². The van der Waals surface area contributed by atoms with Crippen LogP contribution >= 0.6 is 0 Å². The number of hydrogen-bond acceptors (Lipinski definition) is 1. The number of rotatable bonds is 5. The summed E-state index contributed by atoms with van der Waals surface area (Å²) < 4.78 is 2.42. The lowest BCUT2D eigenvalue weighted by molar-refractivity contribution is -0.0443. The topological polar surface area (TPSA) is 8.17 Å². The van der Waals surface area contributed by atoms with Crippen LogP contribution in [-0.4, -0.2) is 4.57 Å². The highest BCUT2D eigenvalue weighted by Crippen LogP contribution is 2.69. The molecule has 4 fully saturated rings. The van der Waals surface area contributed by atoms with Gasteiger partial charge in [-0.05, 0) is 138 Å². The molecule has 0 unspecified atom stereocenters. The first-order chi connectivity index (χ1) is 28.0. The minimum Gasteiger partial charge on any atom is -0.310 e. The van der Waals surface area contributed by atoms with E-state index < -0.39 is 0 Å². The van der Waals surface area contributed by atoms with Crippen molar-refractivity contribution in [3.05, 3.63) is 192 Å². The van der Waals surface area contributed by atoms with E-state index in [4.69, 9.17) is 0 Å². The van der Waals surface area contributed by atoms with E-state index >= 15 is 0 Å². The summed E-state index contributed by atoms with van der Waals surface area (Å²) in [5, 5.41) is 2.57. The van der Waals surface area contributed by atoms with Crippen LogP contribution in [0, 0.1) is 23.7 Å². The Balaban J connectivity index is 1.08. The van der Waals surface area contributed by atoms with Gasteiger partial charge in [0, 0.05) is 44.2 Å². The fourth-order valence-corrected chi connectivity index (χ4v) is 13.0. The second-order valence-corrected chi connectivity index (χ2v) is 18.2. The van der Waals surface area contributed by atoms with Gasteiger partial charge in [-0.1, -0.05) is 129 Å². The van der Waals surface area contributed by atoms with Gasteiger partial charge < -0.3 is 9.47 Å². The lowest BCUT2D eigenvalue weighted by Gasteiger charge is -2.64. The predicted molar refractivity (Wildman–Crippen MR) is 237 cm³/mol. The standard InChI is InChI=1S/C55H48N2/c1-54(2)47-19-9-10-20-49(47)55(39-31-36-30-37(33-39)34-40(55)32-36)50-35-43(28-29-48(50)54)56(51-21-11-6-16-44(51)38-14-4-3-5-15-38)41-24-26-42(27-25-41)57-52-22-12-7-17-45(52)46-18-8-13-23-53(46)57/h3-29,35-37,39-40H,30-34H2,1-2H3. The highest BCUT2D eigenvalue weighted by molar-refractivity contribution is 6.09. The normalized spacial score (nSPS) is 23.8. The van der Waals surface area contributed by atoms with Gasteiger partial charge in [-0.25, -0.2) is 0 Å². The average Bonchev–Trinajstić information content (AvgIpc) is 3.59. The van der Waals surface area contributed by atoms with Crippen LogP contribution < -0.4 is 4.90 Å². The van der Waals surface area contributed by atoms with Crippen LogP contribution in [0.3, 0.4) is 0 Å². The minimum absolute atomic E-state index is 0.0515. The highest BCUT2D eigenvalue weighted by atomic mass is 15.1. The minimum atomic E-state index is -0.0822. The predicted octanol–water partition coefficient (Wildman–Crippen LogP) is 14.3. The van der Waals surface area contributed by atoms with E-state index in [1.54, 1.807) is 16.7 Å². The third kappa shape index (κ3) is 4.71. The first-order valence-electron chi connectivity index (χ1n) is 21.3. The van der Waals surface area contributed by atoms with E-state index in [1.807, 2.05) is 0 Å². The van der Waals surface area contributed by atoms with Crippen LogP contribution in [0.25, 0.3) is 38.6 Å². The fourth-order valence-electron chi connectivity index (χ4n) is 13.0. The van der Waals surface area contributed by atoms with Crippen molar-refractivity contribution in [1.82, 2.24) is 4.57 Å². The molecule has 7 aromatic carbocycles. The molecule has 0 aliphatic heterocycles. The molecule has 1 heterocycles. The Bertz CT molecular complexity index is 2760. The summed E-state index contributed by atoms with van der Waals surface area (Å²) in [4.78, 5) is 2.55. The van der Waals surface area contributed by atoms with Crippen LogP contribution in [0.1, 0.15) is 68.2 Å². The Kier molecular flexibility index (Phi) is 7.20. The van der Waals surface area contributed by atoms with Gasteiger partial charge in [0.2, 0.25) is 0 Å². The van der Waals surface area contributed by atoms with E-state index in [2.05, 4.69) is 193 Å². The summed E-state index contributed by atoms with van der Waals surface area (Å²) in [6, 6.07) is 64.1. The van der Waals surface area contributed by atoms with E-state index in [1.165, 1.54) is 87.7 Å². The molecule has 5 aliphatic rings. The maximum atomic E-state index is 2.66. The summed E-state index contributed by atoms with van der Waals surface area (Å²) in [5.74, 6) is 3.18. The molecule has 0 saturated heterocycles. The Morgan fingerprint density at radius 3 is 1.70 bits per heavy atom.